The van der Waals surface area contributed by atoms with Crippen LogP contribution in [-0.4, -0.2) is 17.9 Å². The fraction of sp³-hybridized carbons (Fsp3) is 0.300. The quantitative estimate of drug-likeness (QED) is 0.547. The van der Waals surface area contributed by atoms with Gasteiger partial charge in [-0.1, -0.05) is 40.7 Å². The third-order valence-corrected chi connectivity index (χ3v) is 2.06. The predicted octanol–water partition coefficient (Wildman–Crippen LogP) is 2.16. The fourth-order valence-electron chi connectivity index (χ4n) is 1.19. The lowest BCUT2D eigenvalue weighted by atomic mass is 10.0. The minimum absolute atomic E-state index is 0.359. The lowest BCUT2D eigenvalue weighted by Crippen LogP contribution is -2.28. The third-order valence-electron chi connectivity index (χ3n) is 2.06. The Labute approximate surface area is 86.4 Å². The summed E-state index contributed by atoms with van der Waals surface area (Å²) >= 11 is 0. The molecule has 0 N–H and O–H groups in total. The molecule has 2 atom stereocenters. The molecule has 2 unspecified atom stereocenters. The summed E-state index contributed by atoms with van der Waals surface area (Å²) in [4.78, 5) is 32.4. The van der Waals surface area contributed by atoms with Crippen molar-refractivity contribution in [2.75, 3.05) is 0 Å². The summed E-state index contributed by atoms with van der Waals surface area (Å²) < 4.78 is 0. The van der Waals surface area contributed by atoms with Crippen LogP contribution in [0.3, 0.4) is 0 Å². The van der Waals surface area contributed by atoms with Gasteiger partial charge in [0.1, 0.15) is 6.04 Å². The molecule has 5 nitrogen and oxygen atoms in total. The maximum Gasteiger partial charge on any atom is 0.193 e. The van der Waals surface area contributed by atoms with Crippen LogP contribution in [0.25, 0.3) is 0 Å². The van der Waals surface area contributed by atoms with E-state index in [2.05, 4.69) is 10.4 Å². The SMILES string of the molecule is CC(N=O)C(N=O)C(=O)c1ccccc1. The van der Waals surface area contributed by atoms with Crippen molar-refractivity contribution in [1.82, 2.24) is 0 Å². The minimum atomic E-state index is -1.23. The molecule has 78 valence electrons. The summed E-state index contributed by atoms with van der Waals surface area (Å²) in [6.45, 7) is 1.39. The second kappa shape index (κ2) is 5.09. The van der Waals surface area contributed by atoms with Crippen LogP contribution < -0.4 is 0 Å². The van der Waals surface area contributed by atoms with Gasteiger partial charge in [0, 0.05) is 5.56 Å². The summed E-state index contributed by atoms with van der Waals surface area (Å²) in [6, 6.07) is 6.07. The van der Waals surface area contributed by atoms with Crippen molar-refractivity contribution < 1.29 is 4.79 Å². The summed E-state index contributed by atoms with van der Waals surface area (Å²) in [5, 5.41) is 5.28. The van der Waals surface area contributed by atoms with E-state index in [1.807, 2.05) is 0 Å². The van der Waals surface area contributed by atoms with Crippen LogP contribution in [0.1, 0.15) is 17.3 Å². The molecule has 0 spiro atoms. The van der Waals surface area contributed by atoms with Gasteiger partial charge in [0.25, 0.3) is 0 Å². The van der Waals surface area contributed by atoms with Gasteiger partial charge in [-0.05, 0) is 6.92 Å². The number of ketones is 1. The van der Waals surface area contributed by atoms with E-state index in [1.165, 1.54) is 6.92 Å². The Hall–Kier alpha value is -1.91. The first kappa shape index (κ1) is 11.2. The molecule has 1 aromatic rings. The first-order valence-electron chi connectivity index (χ1n) is 4.45. The molecule has 1 rings (SSSR count). The maximum absolute atomic E-state index is 11.7. The highest BCUT2D eigenvalue weighted by Crippen LogP contribution is 2.11. The Bertz CT molecular complexity index is 364. The summed E-state index contributed by atoms with van der Waals surface area (Å²) in [7, 11) is 0. The van der Waals surface area contributed by atoms with Crippen LogP contribution in [0.15, 0.2) is 40.7 Å². The Balaban J connectivity index is 2.92. The van der Waals surface area contributed by atoms with Crippen molar-refractivity contribution in [3.05, 3.63) is 45.7 Å². The van der Waals surface area contributed by atoms with Gasteiger partial charge in [-0.25, -0.2) is 0 Å². The average Bonchev–Trinajstić information content (AvgIpc) is 2.30. The molecule has 0 amide bonds. The standard InChI is InChI=1S/C10H10N2O3/c1-7(11-14)9(12-15)10(13)8-5-3-2-4-6-8/h2-7,9H,1H3. The number of carbonyl (C=O) groups excluding carboxylic acids is 1. The molecular weight excluding hydrogens is 196 g/mol. The van der Waals surface area contributed by atoms with Gasteiger partial charge in [0.2, 0.25) is 0 Å². The molecule has 15 heavy (non-hydrogen) atoms. The lowest BCUT2D eigenvalue weighted by molar-refractivity contribution is 0.0953. The number of nitroso groups, excluding NO2 is 2. The van der Waals surface area contributed by atoms with Crippen molar-refractivity contribution in [1.29, 1.82) is 0 Å². The number of hydrogen-bond donors (Lipinski definition) is 0. The van der Waals surface area contributed by atoms with Gasteiger partial charge >= 0.3 is 0 Å². The van der Waals surface area contributed by atoms with E-state index in [0.29, 0.717) is 5.56 Å². The van der Waals surface area contributed by atoms with E-state index < -0.39 is 17.9 Å². The summed E-state index contributed by atoms with van der Waals surface area (Å²) in [5.74, 6) is -0.474. The average molecular weight is 206 g/mol. The van der Waals surface area contributed by atoms with E-state index in [1.54, 1.807) is 30.3 Å². The van der Waals surface area contributed by atoms with Crippen LogP contribution in [0.2, 0.25) is 0 Å². The first-order chi connectivity index (χ1) is 7.20. The molecule has 5 heteroatoms. The molecule has 0 saturated heterocycles. The normalized spacial score (nSPS) is 13.9. The molecule has 0 radical (unpaired) electrons. The van der Waals surface area contributed by atoms with Crippen LogP contribution >= 0.6 is 0 Å². The number of nitrogens with zero attached hydrogens (tertiary/aromatic N) is 2. The summed E-state index contributed by atoms with van der Waals surface area (Å²) in [5.41, 5.74) is 0.359. The van der Waals surface area contributed by atoms with E-state index in [4.69, 9.17) is 0 Å². The Kier molecular flexibility index (Phi) is 3.79. The van der Waals surface area contributed by atoms with E-state index >= 15 is 0 Å². The lowest BCUT2D eigenvalue weighted by Gasteiger charge is -2.09. The number of Topliss-reactive ketones (excluding diaryl/α,β-unsaturated/α-hetero) is 1. The van der Waals surface area contributed by atoms with Crippen LogP contribution in [0.5, 0.6) is 0 Å². The van der Waals surface area contributed by atoms with Gasteiger partial charge < -0.3 is 0 Å². The molecule has 0 fully saturated rings. The number of benzene rings is 1. The van der Waals surface area contributed by atoms with Crippen molar-refractivity contribution in [2.24, 2.45) is 10.4 Å². The predicted molar refractivity (Wildman–Crippen MR) is 55.6 cm³/mol. The summed E-state index contributed by atoms with van der Waals surface area (Å²) in [6.07, 6.45) is 0. The monoisotopic (exact) mass is 206 g/mol. The van der Waals surface area contributed by atoms with E-state index in [9.17, 15) is 14.6 Å². The highest BCUT2D eigenvalue weighted by atomic mass is 16.3. The van der Waals surface area contributed by atoms with Crippen molar-refractivity contribution in [3.8, 4) is 0 Å². The Morgan fingerprint density at radius 2 is 1.73 bits per heavy atom. The number of hydrogen-bond acceptors (Lipinski definition) is 5. The zero-order valence-electron chi connectivity index (χ0n) is 8.16. The molecule has 0 aliphatic rings. The van der Waals surface area contributed by atoms with E-state index in [-0.39, 0.29) is 0 Å². The number of carbonyl (C=O) groups is 1. The van der Waals surface area contributed by atoms with Crippen molar-refractivity contribution in [2.45, 2.75) is 19.0 Å². The molecular formula is C10H10N2O3. The van der Waals surface area contributed by atoms with Gasteiger partial charge in [0.05, 0.1) is 0 Å². The molecule has 0 aromatic heterocycles. The zero-order valence-corrected chi connectivity index (χ0v) is 8.16. The van der Waals surface area contributed by atoms with Crippen molar-refractivity contribution >= 4 is 5.78 Å². The Morgan fingerprint density at radius 1 is 1.13 bits per heavy atom. The second-order valence-electron chi connectivity index (χ2n) is 3.13. The molecule has 0 aliphatic heterocycles. The van der Waals surface area contributed by atoms with Crippen LogP contribution in [0, 0.1) is 9.81 Å². The second-order valence-corrected chi connectivity index (χ2v) is 3.13. The van der Waals surface area contributed by atoms with Gasteiger partial charge in [-0.3, -0.25) is 4.79 Å². The zero-order chi connectivity index (χ0) is 11.3. The molecule has 0 bridgehead atoms. The fourth-order valence-corrected chi connectivity index (χ4v) is 1.19. The van der Waals surface area contributed by atoms with Crippen LogP contribution in [0.4, 0.5) is 0 Å². The maximum atomic E-state index is 11.7. The molecule has 1 aromatic carbocycles. The minimum Gasteiger partial charge on any atom is -0.292 e. The molecule has 0 heterocycles. The highest BCUT2D eigenvalue weighted by molar-refractivity contribution is 6.00. The first-order valence-corrected chi connectivity index (χ1v) is 4.45. The largest absolute Gasteiger partial charge is 0.292 e. The van der Waals surface area contributed by atoms with Crippen molar-refractivity contribution in [3.63, 3.8) is 0 Å². The third kappa shape index (κ3) is 2.52. The van der Waals surface area contributed by atoms with Gasteiger partial charge in [-0.2, -0.15) is 4.91 Å². The highest BCUT2D eigenvalue weighted by Gasteiger charge is 2.27. The molecule has 0 aliphatic carbocycles. The Morgan fingerprint density at radius 3 is 2.20 bits per heavy atom. The van der Waals surface area contributed by atoms with Gasteiger partial charge in [0.15, 0.2) is 11.8 Å². The topological polar surface area (TPSA) is 75.9 Å². The molecule has 0 saturated carbocycles. The smallest absolute Gasteiger partial charge is 0.193 e. The van der Waals surface area contributed by atoms with Gasteiger partial charge in [-0.15, -0.1) is 4.91 Å². The van der Waals surface area contributed by atoms with E-state index in [0.717, 1.165) is 0 Å². The van der Waals surface area contributed by atoms with Crippen LogP contribution in [-0.2, 0) is 0 Å². The number of rotatable bonds is 5.